The van der Waals surface area contributed by atoms with Crippen molar-refractivity contribution in [1.29, 1.82) is 0 Å². The molecule has 1 heteroatoms. The fraction of sp³-hybridized carbons (Fsp3) is 0.667. The van der Waals surface area contributed by atoms with Gasteiger partial charge in [-0.05, 0) is 43.9 Å². The average Bonchev–Trinajstić information content (AvgIpc) is 3.11. The van der Waals surface area contributed by atoms with E-state index >= 15 is 0 Å². The minimum absolute atomic E-state index is 0.887. The van der Waals surface area contributed by atoms with E-state index in [0.717, 1.165) is 29.5 Å². The van der Waals surface area contributed by atoms with E-state index in [1.807, 2.05) is 31.2 Å². The van der Waals surface area contributed by atoms with Gasteiger partial charge < -0.3 is 0 Å². The summed E-state index contributed by atoms with van der Waals surface area (Å²) in [7, 11) is 0. The molecule has 0 spiro atoms. The van der Waals surface area contributed by atoms with Gasteiger partial charge in [0.1, 0.15) is 0 Å². The summed E-state index contributed by atoms with van der Waals surface area (Å²) < 4.78 is 0. The van der Waals surface area contributed by atoms with Gasteiger partial charge >= 0.3 is 0 Å². The van der Waals surface area contributed by atoms with Gasteiger partial charge in [-0.15, -0.1) is 13.2 Å². The number of allylic oxidation sites excluding steroid dienone is 4. The second kappa shape index (κ2) is 15.8. The average molecular weight is 329 g/mol. The van der Waals surface area contributed by atoms with Crippen LogP contribution in [0.2, 0.25) is 0 Å². The summed E-state index contributed by atoms with van der Waals surface area (Å²) in [5, 5.41) is 0.976. The van der Waals surface area contributed by atoms with Gasteiger partial charge in [-0.1, -0.05) is 67.4 Å². The summed E-state index contributed by atoms with van der Waals surface area (Å²) in [6.07, 6.45) is 13.1. The van der Waals surface area contributed by atoms with Crippen molar-refractivity contribution in [2.24, 2.45) is 17.8 Å². The van der Waals surface area contributed by atoms with E-state index in [2.05, 4.69) is 49.9 Å². The highest BCUT2D eigenvalue weighted by atomic mass is 79.9. The number of rotatable bonds is 6. The van der Waals surface area contributed by atoms with E-state index in [1.54, 1.807) is 0 Å². The Morgan fingerprint density at radius 2 is 1.89 bits per heavy atom. The van der Waals surface area contributed by atoms with Gasteiger partial charge in [0.05, 0.1) is 0 Å². The zero-order valence-electron chi connectivity index (χ0n) is 13.4. The number of hydrogen-bond acceptors (Lipinski definition) is 0. The van der Waals surface area contributed by atoms with Gasteiger partial charge in [-0.25, -0.2) is 0 Å². The Labute approximate surface area is 130 Å². The van der Waals surface area contributed by atoms with Crippen molar-refractivity contribution in [2.45, 2.75) is 53.4 Å². The van der Waals surface area contributed by atoms with Crippen LogP contribution in [0.1, 0.15) is 53.4 Å². The zero-order valence-corrected chi connectivity index (χ0v) is 15.0. The van der Waals surface area contributed by atoms with Gasteiger partial charge in [-0.3, -0.25) is 0 Å². The molecule has 0 N–H and O–H groups in total. The predicted octanol–water partition coefficient (Wildman–Crippen LogP) is 6.78. The molecule has 1 aliphatic carbocycles. The minimum Gasteiger partial charge on any atom is -0.103 e. The minimum atomic E-state index is 0.887. The zero-order chi connectivity index (χ0) is 15.1. The van der Waals surface area contributed by atoms with E-state index in [0.29, 0.717) is 0 Å². The van der Waals surface area contributed by atoms with E-state index in [-0.39, 0.29) is 0 Å². The van der Waals surface area contributed by atoms with E-state index in [1.165, 1.54) is 19.3 Å². The molecule has 3 atom stereocenters. The first-order valence-corrected chi connectivity index (χ1v) is 8.59. The summed E-state index contributed by atoms with van der Waals surface area (Å²) >= 11 is 3.22. The summed E-state index contributed by atoms with van der Waals surface area (Å²) in [6.45, 7) is 16.1. The van der Waals surface area contributed by atoms with E-state index < -0.39 is 0 Å². The van der Waals surface area contributed by atoms with Crippen LogP contribution in [0.25, 0.3) is 0 Å². The molecule has 1 rings (SSSR count). The lowest BCUT2D eigenvalue weighted by atomic mass is 10.0. The molecule has 112 valence electrons. The molecule has 3 unspecified atom stereocenters. The molecule has 0 aromatic carbocycles. The fourth-order valence-corrected chi connectivity index (χ4v) is 2.25. The van der Waals surface area contributed by atoms with Gasteiger partial charge in [0.15, 0.2) is 0 Å². The molecule has 0 bridgehead atoms. The maximum absolute atomic E-state index is 3.74. The van der Waals surface area contributed by atoms with Crippen LogP contribution in [-0.2, 0) is 0 Å². The van der Waals surface area contributed by atoms with E-state index in [9.17, 15) is 0 Å². The molecule has 0 radical (unpaired) electrons. The standard InChI is InChI=1S/C9H16.C5H10.C4H7Br/c1-4-5-7(2)9-6-8(9)3;1-3-5-4-2;1-2-3-4-5/h4,7-9H,1,5-6H2,2-3H3;3H,1,4-5H2,2H3;2-3H,4H2,1H3/b;;3-2+. The van der Waals surface area contributed by atoms with Gasteiger partial charge in [0.2, 0.25) is 0 Å². The molecule has 0 saturated heterocycles. The highest BCUT2D eigenvalue weighted by molar-refractivity contribution is 9.09. The van der Waals surface area contributed by atoms with Crippen LogP contribution >= 0.6 is 15.9 Å². The van der Waals surface area contributed by atoms with Crippen LogP contribution in [-0.4, -0.2) is 5.33 Å². The quantitative estimate of drug-likeness (QED) is 0.372. The number of alkyl halides is 1. The number of hydrogen-bond donors (Lipinski definition) is 0. The lowest BCUT2D eigenvalue weighted by Crippen LogP contribution is -1.95. The second-order valence-corrected chi connectivity index (χ2v) is 5.83. The predicted molar refractivity (Wildman–Crippen MR) is 95.0 cm³/mol. The van der Waals surface area contributed by atoms with Gasteiger partial charge in [-0.2, -0.15) is 0 Å². The van der Waals surface area contributed by atoms with Gasteiger partial charge in [0.25, 0.3) is 0 Å². The Bertz CT molecular complexity index is 230. The Morgan fingerprint density at radius 1 is 1.32 bits per heavy atom. The molecule has 0 nitrogen and oxygen atoms in total. The maximum Gasteiger partial charge on any atom is 0.0211 e. The smallest absolute Gasteiger partial charge is 0.0211 e. The molecule has 0 heterocycles. The maximum atomic E-state index is 3.74. The molecule has 0 aliphatic heterocycles. The van der Waals surface area contributed by atoms with Crippen molar-refractivity contribution < 1.29 is 0 Å². The Balaban J connectivity index is 0. The normalized spacial score (nSPS) is 21.5. The number of unbranched alkanes of at least 4 members (excludes halogenated alkanes) is 1. The first kappa shape index (κ1) is 21.0. The van der Waals surface area contributed by atoms with Crippen LogP contribution in [0.4, 0.5) is 0 Å². The Hall–Kier alpha value is -0.300. The van der Waals surface area contributed by atoms with E-state index in [4.69, 9.17) is 0 Å². The second-order valence-electron chi connectivity index (χ2n) is 5.18. The molecule has 1 saturated carbocycles. The lowest BCUT2D eigenvalue weighted by Gasteiger charge is -2.04. The van der Waals surface area contributed by atoms with Crippen LogP contribution < -0.4 is 0 Å². The van der Waals surface area contributed by atoms with Crippen molar-refractivity contribution in [3.05, 3.63) is 37.5 Å². The van der Waals surface area contributed by atoms with Crippen molar-refractivity contribution in [2.75, 3.05) is 5.33 Å². The fourth-order valence-electron chi connectivity index (χ4n) is 1.87. The molecule has 1 fully saturated rings. The summed E-state index contributed by atoms with van der Waals surface area (Å²) in [4.78, 5) is 0. The highest BCUT2D eigenvalue weighted by Crippen LogP contribution is 2.44. The topological polar surface area (TPSA) is 0 Å². The van der Waals surface area contributed by atoms with Crippen LogP contribution in [0, 0.1) is 17.8 Å². The summed E-state index contributed by atoms with van der Waals surface area (Å²) in [5.74, 6) is 2.90. The van der Waals surface area contributed by atoms with Crippen molar-refractivity contribution in [3.8, 4) is 0 Å². The first-order chi connectivity index (χ1) is 9.08. The SMILES string of the molecule is C/C=C/CBr.C=CCC(C)C1CC1C.C=CCCC. The third-order valence-corrected chi connectivity index (χ3v) is 3.63. The summed E-state index contributed by atoms with van der Waals surface area (Å²) in [5.41, 5.74) is 0. The summed E-state index contributed by atoms with van der Waals surface area (Å²) in [6, 6.07) is 0. The number of halogens is 1. The molecule has 1 aliphatic rings. The highest BCUT2D eigenvalue weighted by Gasteiger charge is 2.36. The molecule has 0 aromatic rings. The molecular weight excluding hydrogens is 296 g/mol. The monoisotopic (exact) mass is 328 g/mol. The van der Waals surface area contributed by atoms with Crippen molar-refractivity contribution >= 4 is 15.9 Å². The molecular formula is C18H33Br. The van der Waals surface area contributed by atoms with Crippen LogP contribution in [0.15, 0.2) is 37.5 Å². The largest absolute Gasteiger partial charge is 0.103 e. The third kappa shape index (κ3) is 15.6. The third-order valence-electron chi connectivity index (χ3n) is 3.26. The van der Waals surface area contributed by atoms with Crippen LogP contribution in [0.5, 0.6) is 0 Å². The Kier molecular flexibility index (Phi) is 17.4. The first-order valence-electron chi connectivity index (χ1n) is 7.47. The van der Waals surface area contributed by atoms with Gasteiger partial charge in [0, 0.05) is 5.33 Å². The van der Waals surface area contributed by atoms with Crippen molar-refractivity contribution in [1.82, 2.24) is 0 Å². The molecule has 19 heavy (non-hydrogen) atoms. The van der Waals surface area contributed by atoms with Crippen molar-refractivity contribution in [3.63, 3.8) is 0 Å². The molecule has 0 amide bonds. The lowest BCUT2D eigenvalue weighted by molar-refractivity contribution is 0.490. The molecule has 0 aromatic heterocycles. The van der Waals surface area contributed by atoms with Crippen LogP contribution in [0.3, 0.4) is 0 Å². The Morgan fingerprint density at radius 3 is 2.05 bits per heavy atom.